The SMILES string of the molecule is CC(C(=O)NCc1ccc(F)cc1)C1CCN(C(=O)c2cc3ccccc3[nH]2)CC1. The van der Waals surface area contributed by atoms with Crippen molar-refractivity contribution in [2.45, 2.75) is 26.3 Å². The summed E-state index contributed by atoms with van der Waals surface area (Å²) < 4.78 is 13.0. The van der Waals surface area contributed by atoms with Crippen LogP contribution >= 0.6 is 0 Å². The number of nitrogens with one attached hydrogen (secondary N) is 2. The summed E-state index contributed by atoms with van der Waals surface area (Å²) in [5.41, 5.74) is 2.44. The summed E-state index contributed by atoms with van der Waals surface area (Å²) in [4.78, 5) is 30.5. The van der Waals surface area contributed by atoms with Gasteiger partial charge in [-0.15, -0.1) is 0 Å². The molecule has 1 fully saturated rings. The quantitative estimate of drug-likeness (QED) is 0.668. The zero-order valence-electron chi connectivity index (χ0n) is 17.0. The Morgan fingerprint density at radius 2 is 1.83 bits per heavy atom. The fourth-order valence-electron chi connectivity index (χ4n) is 4.13. The van der Waals surface area contributed by atoms with Crippen molar-refractivity contribution in [3.8, 4) is 0 Å². The summed E-state index contributed by atoms with van der Waals surface area (Å²) in [6.45, 7) is 3.63. The van der Waals surface area contributed by atoms with Crippen LogP contribution in [-0.2, 0) is 11.3 Å². The van der Waals surface area contributed by atoms with Crippen LogP contribution in [-0.4, -0.2) is 34.8 Å². The van der Waals surface area contributed by atoms with Crippen LogP contribution < -0.4 is 5.32 Å². The average molecular weight is 407 g/mol. The molecule has 6 heteroatoms. The maximum absolute atomic E-state index is 13.0. The number of para-hydroxylation sites is 1. The molecule has 1 aliphatic rings. The van der Waals surface area contributed by atoms with Crippen molar-refractivity contribution in [1.29, 1.82) is 0 Å². The second-order valence-corrected chi connectivity index (χ2v) is 8.03. The minimum atomic E-state index is -0.285. The van der Waals surface area contributed by atoms with E-state index in [1.165, 1.54) is 12.1 Å². The van der Waals surface area contributed by atoms with Crippen molar-refractivity contribution in [2.75, 3.05) is 13.1 Å². The first-order chi connectivity index (χ1) is 14.5. The largest absolute Gasteiger partial charge is 0.352 e. The van der Waals surface area contributed by atoms with Gasteiger partial charge in [-0.2, -0.15) is 0 Å². The van der Waals surface area contributed by atoms with Gasteiger partial charge in [-0.1, -0.05) is 37.3 Å². The Hall–Kier alpha value is -3.15. The summed E-state index contributed by atoms with van der Waals surface area (Å²) in [7, 11) is 0. The van der Waals surface area contributed by atoms with Crippen LogP contribution in [0.15, 0.2) is 54.6 Å². The van der Waals surface area contributed by atoms with E-state index >= 15 is 0 Å². The van der Waals surface area contributed by atoms with Crippen molar-refractivity contribution >= 4 is 22.7 Å². The van der Waals surface area contributed by atoms with Gasteiger partial charge in [0.25, 0.3) is 5.91 Å². The number of benzene rings is 2. The van der Waals surface area contributed by atoms with E-state index in [2.05, 4.69) is 10.3 Å². The van der Waals surface area contributed by atoms with E-state index in [0.29, 0.717) is 25.3 Å². The highest BCUT2D eigenvalue weighted by Gasteiger charge is 2.30. The van der Waals surface area contributed by atoms with E-state index in [4.69, 9.17) is 0 Å². The summed E-state index contributed by atoms with van der Waals surface area (Å²) in [6, 6.07) is 15.9. The number of carbonyl (C=O) groups is 2. The lowest BCUT2D eigenvalue weighted by molar-refractivity contribution is -0.126. The molecule has 0 spiro atoms. The third kappa shape index (κ3) is 4.37. The number of hydrogen-bond acceptors (Lipinski definition) is 2. The number of nitrogens with zero attached hydrogens (tertiary/aromatic N) is 1. The molecule has 1 aliphatic heterocycles. The fraction of sp³-hybridized carbons (Fsp3) is 0.333. The number of fused-ring (bicyclic) bond motifs is 1. The molecule has 4 rings (SSSR count). The van der Waals surface area contributed by atoms with Crippen molar-refractivity contribution in [3.63, 3.8) is 0 Å². The van der Waals surface area contributed by atoms with E-state index in [1.807, 2.05) is 42.2 Å². The van der Waals surface area contributed by atoms with Gasteiger partial charge in [-0.25, -0.2) is 4.39 Å². The zero-order chi connectivity index (χ0) is 21.1. The summed E-state index contributed by atoms with van der Waals surface area (Å²) >= 11 is 0. The summed E-state index contributed by atoms with van der Waals surface area (Å²) in [5.74, 6) is -0.161. The molecule has 2 aromatic carbocycles. The predicted molar refractivity (Wildman–Crippen MR) is 114 cm³/mol. The number of piperidine rings is 1. The molecule has 0 aliphatic carbocycles. The van der Waals surface area contributed by atoms with Crippen molar-refractivity contribution < 1.29 is 14.0 Å². The number of carbonyl (C=O) groups excluding carboxylic acids is 2. The highest BCUT2D eigenvalue weighted by molar-refractivity contribution is 5.98. The molecule has 2 N–H and O–H groups in total. The van der Waals surface area contributed by atoms with Crippen molar-refractivity contribution in [2.24, 2.45) is 11.8 Å². The molecule has 1 aromatic heterocycles. The molecule has 3 aromatic rings. The molecular weight excluding hydrogens is 381 g/mol. The number of halogens is 1. The number of likely N-dealkylation sites (tertiary alicyclic amines) is 1. The Kier molecular flexibility index (Phi) is 5.84. The van der Waals surface area contributed by atoms with Crippen LogP contribution in [0.25, 0.3) is 10.9 Å². The highest BCUT2D eigenvalue weighted by Crippen LogP contribution is 2.26. The smallest absolute Gasteiger partial charge is 0.270 e. The molecule has 0 radical (unpaired) electrons. The van der Waals surface area contributed by atoms with E-state index in [0.717, 1.165) is 29.3 Å². The van der Waals surface area contributed by atoms with Crippen LogP contribution in [0.1, 0.15) is 35.8 Å². The van der Waals surface area contributed by atoms with Gasteiger partial charge in [0.15, 0.2) is 0 Å². The standard InChI is InChI=1S/C24H26FN3O2/c1-16(23(29)26-15-17-6-8-20(25)9-7-17)18-10-12-28(13-11-18)24(30)22-14-19-4-2-3-5-21(19)27-22/h2-9,14,16,18,27H,10-13,15H2,1H3,(H,26,29). The number of aromatic amines is 1. The molecule has 1 saturated heterocycles. The monoisotopic (exact) mass is 407 g/mol. The van der Waals surface area contributed by atoms with Gasteiger partial charge in [-0.3, -0.25) is 9.59 Å². The average Bonchev–Trinajstić information content (AvgIpc) is 3.22. The number of aromatic nitrogens is 1. The predicted octanol–water partition coefficient (Wildman–Crippen LogP) is 4.11. The van der Waals surface area contributed by atoms with Gasteiger partial charge in [0, 0.05) is 36.5 Å². The molecule has 30 heavy (non-hydrogen) atoms. The van der Waals surface area contributed by atoms with Crippen LogP contribution in [0.5, 0.6) is 0 Å². The van der Waals surface area contributed by atoms with E-state index in [1.54, 1.807) is 12.1 Å². The first-order valence-corrected chi connectivity index (χ1v) is 10.4. The van der Waals surface area contributed by atoms with Crippen molar-refractivity contribution in [1.82, 2.24) is 15.2 Å². The number of rotatable bonds is 5. The molecule has 2 heterocycles. The van der Waals surface area contributed by atoms with Gasteiger partial charge in [0.2, 0.25) is 5.91 Å². The maximum Gasteiger partial charge on any atom is 0.270 e. The third-order valence-corrected chi connectivity index (χ3v) is 6.09. The van der Waals surface area contributed by atoms with Crippen LogP contribution in [0, 0.1) is 17.7 Å². The number of hydrogen-bond donors (Lipinski definition) is 2. The first kappa shape index (κ1) is 20.1. The Morgan fingerprint density at radius 1 is 1.13 bits per heavy atom. The highest BCUT2D eigenvalue weighted by atomic mass is 19.1. The van der Waals surface area contributed by atoms with E-state index in [-0.39, 0.29) is 29.5 Å². The zero-order valence-corrected chi connectivity index (χ0v) is 17.0. The van der Waals surface area contributed by atoms with Crippen molar-refractivity contribution in [3.05, 3.63) is 71.7 Å². The van der Waals surface area contributed by atoms with Crippen LogP contribution in [0.4, 0.5) is 4.39 Å². The van der Waals surface area contributed by atoms with Gasteiger partial charge in [0.05, 0.1) is 0 Å². The first-order valence-electron chi connectivity index (χ1n) is 10.4. The Balaban J connectivity index is 1.29. The van der Waals surface area contributed by atoms with Gasteiger partial charge in [-0.05, 0) is 48.6 Å². The van der Waals surface area contributed by atoms with Crippen LogP contribution in [0.2, 0.25) is 0 Å². The second kappa shape index (κ2) is 8.69. The summed E-state index contributed by atoms with van der Waals surface area (Å²) in [5, 5.41) is 3.97. The molecule has 1 atom stereocenters. The Labute approximate surface area is 175 Å². The molecule has 5 nitrogen and oxygen atoms in total. The number of amides is 2. The van der Waals surface area contributed by atoms with Gasteiger partial charge in [0.1, 0.15) is 11.5 Å². The molecule has 156 valence electrons. The molecular formula is C24H26FN3O2. The normalized spacial score (nSPS) is 15.9. The lowest BCUT2D eigenvalue weighted by Crippen LogP contribution is -2.42. The molecule has 0 bridgehead atoms. The third-order valence-electron chi connectivity index (χ3n) is 6.09. The van der Waals surface area contributed by atoms with Crippen LogP contribution in [0.3, 0.4) is 0 Å². The lowest BCUT2D eigenvalue weighted by atomic mass is 9.84. The van der Waals surface area contributed by atoms with E-state index in [9.17, 15) is 14.0 Å². The van der Waals surface area contributed by atoms with E-state index < -0.39 is 0 Å². The summed E-state index contributed by atoms with van der Waals surface area (Å²) in [6.07, 6.45) is 1.61. The Bertz CT molecular complexity index is 1000. The van der Waals surface area contributed by atoms with Gasteiger partial charge < -0.3 is 15.2 Å². The topological polar surface area (TPSA) is 65.2 Å². The minimum absolute atomic E-state index is 0.000260. The lowest BCUT2D eigenvalue weighted by Gasteiger charge is -2.34. The number of H-pyrrole nitrogens is 1. The Morgan fingerprint density at radius 3 is 2.53 bits per heavy atom. The molecule has 1 unspecified atom stereocenters. The van der Waals surface area contributed by atoms with Gasteiger partial charge >= 0.3 is 0 Å². The molecule has 2 amide bonds. The maximum atomic E-state index is 13.0. The molecule has 0 saturated carbocycles. The minimum Gasteiger partial charge on any atom is -0.352 e. The fourth-order valence-corrected chi connectivity index (χ4v) is 4.13. The second-order valence-electron chi connectivity index (χ2n) is 8.03.